The van der Waals surface area contributed by atoms with Crippen LogP contribution in [0.3, 0.4) is 0 Å². The summed E-state index contributed by atoms with van der Waals surface area (Å²) in [4.78, 5) is 4.54. The Balaban J connectivity index is 2.80. The van der Waals surface area contributed by atoms with Gasteiger partial charge in [0.05, 0.1) is 21.1 Å². The molecule has 7 heteroatoms. The molecule has 2 aromatic rings. The molecule has 0 spiro atoms. The van der Waals surface area contributed by atoms with Crippen molar-refractivity contribution in [2.75, 3.05) is 0 Å². The Morgan fingerprint density at radius 3 is 2.35 bits per heavy atom. The molecule has 0 N–H and O–H groups in total. The third kappa shape index (κ3) is 2.68. The smallest absolute Gasteiger partial charge is 0.192 e. The molecule has 0 fully saturated rings. The van der Waals surface area contributed by atoms with Crippen LogP contribution in [-0.4, -0.2) is 9.55 Å². The van der Waals surface area contributed by atoms with Crippen LogP contribution in [0.4, 0.5) is 0 Å². The van der Waals surface area contributed by atoms with Gasteiger partial charge in [-0.1, -0.05) is 71.0 Å². The summed E-state index contributed by atoms with van der Waals surface area (Å²) in [7, 11) is 0. The molecule has 0 unspecified atom stereocenters. The largest absolute Gasteiger partial charge is 0.326 e. The molecule has 2 nitrogen and oxygen atoms in total. The van der Waals surface area contributed by atoms with E-state index in [9.17, 15) is 0 Å². The minimum absolute atomic E-state index is 0.510. The number of rotatable bonds is 1. The number of imidazole rings is 1. The van der Waals surface area contributed by atoms with E-state index < -0.39 is 2.14 Å². The highest BCUT2D eigenvalue weighted by Crippen LogP contribution is 2.45. The number of benzene rings is 1. The summed E-state index contributed by atoms with van der Waals surface area (Å²) in [5.74, 6) is 0.813. The zero-order valence-corrected chi connectivity index (χ0v) is 14.9. The molecule has 0 aliphatic heterocycles. The van der Waals surface area contributed by atoms with E-state index in [1.54, 1.807) is 6.07 Å². The van der Waals surface area contributed by atoms with Gasteiger partial charge in [-0.15, -0.1) is 0 Å². The van der Waals surface area contributed by atoms with Gasteiger partial charge in [-0.2, -0.15) is 0 Å². The van der Waals surface area contributed by atoms with Gasteiger partial charge in [0.25, 0.3) is 0 Å². The van der Waals surface area contributed by atoms with Crippen molar-refractivity contribution in [3.8, 4) is 0 Å². The molecule has 0 aliphatic carbocycles. The first-order valence-corrected chi connectivity index (χ1v) is 7.90. The van der Waals surface area contributed by atoms with Gasteiger partial charge in [0.2, 0.25) is 0 Å². The van der Waals surface area contributed by atoms with Crippen LogP contribution in [0.25, 0.3) is 11.0 Å². The van der Waals surface area contributed by atoms with E-state index in [0.29, 0.717) is 10.0 Å². The molecule has 0 saturated carbocycles. The first-order chi connectivity index (χ1) is 7.84. The lowest BCUT2D eigenvalue weighted by Gasteiger charge is -2.13. The van der Waals surface area contributed by atoms with Crippen LogP contribution in [-0.2, 0) is 8.69 Å². The van der Waals surface area contributed by atoms with E-state index >= 15 is 0 Å². The number of hydrogen-bond acceptors (Lipinski definition) is 1. The quantitative estimate of drug-likeness (QED) is 0.497. The molecule has 2 rings (SSSR count). The third-order valence-electron chi connectivity index (χ3n) is 2.36. The molecule has 0 atom stereocenters. The number of hydrogen-bond donors (Lipinski definition) is 0. The Morgan fingerprint density at radius 1 is 1.24 bits per heavy atom. The van der Waals surface area contributed by atoms with Crippen molar-refractivity contribution in [3.63, 3.8) is 0 Å². The highest BCUT2D eigenvalue weighted by Gasteiger charge is 2.28. The Kier molecular flexibility index (Phi) is 4.16. The van der Waals surface area contributed by atoms with Crippen molar-refractivity contribution in [3.05, 3.63) is 28.0 Å². The molecule has 0 amide bonds. The lowest BCUT2D eigenvalue weighted by molar-refractivity contribution is 0.743. The number of fused-ring (bicyclic) bond motifs is 1. The molecule has 1 aromatic heterocycles. The second kappa shape index (κ2) is 5.00. The summed E-state index contributed by atoms with van der Waals surface area (Å²) < 4.78 is 1.50. The van der Waals surface area contributed by atoms with Crippen LogP contribution in [0, 0.1) is 0 Å². The topological polar surface area (TPSA) is 17.8 Å². The summed E-state index contributed by atoms with van der Waals surface area (Å²) in [5, 5.41) is 1.04. The molecule has 0 saturated heterocycles. The molecule has 0 radical (unpaired) electrons. The maximum absolute atomic E-state index is 6.03. The van der Waals surface area contributed by atoms with Crippen LogP contribution in [0.1, 0.15) is 12.7 Å². The summed E-state index contributed by atoms with van der Waals surface area (Å²) in [6.45, 7) is 2.83. The molecular weight excluding hydrogens is 459 g/mol. The van der Waals surface area contributed by atoms with Gasteiger partial charge in [-0.05, 0) is 19.1 Å². The number of aromatic nitrogens is 2. The van der Waals surface area contributed by atoms with E-state index in [1.807, 2.05) is 13.0 Å². The molecule has 1 heterocycles. The van der Waals surface area contributed by atoms with Crippen molar-refractivity contribution in [2.24, 2.45) is 0 Å². The van der Waals surface area contributed by atoms with Gasteiger partial charge in [-0.3, -0.25) is 0 Å². The van der Waals surface area contributed by atoms with E-state index in [4.69, 9.17) is 23.2 Å². The van der Waals surface area contributed by atoms with Crippen molar-refractivity contribution in [2.45, 2.75) is 15.6 Å². The molecule has 17 heavy (non-hydrogen) atoms. The van der Waals surface area contributed by atoms with E-state index in [2.05, 4.69) is 57.3 Å². The molecule has 1 aromatic carbocycles. The average molecular weight is 466 g/mol. The number of alkyl halides is 3. The standard InChI is InChI=1S/C10H7Br3Cl2N2/c1-2-17-8-4-6(15)5(14)3-7(8)16-9(17)10(11,12)13/h3-4H,2H2,1H3. The van der Waals surface area contributed by atoms with Crippen molar-refractivity contribution in [1.82, 2.24) is 9.55 Å². The summed E-state index contributed by atoms with van der Waals surface area (Å²) in [5.41, 5.74) is 1.78. The van der Waals surface area contributed by atoms with E-state index in [-0.39, 0.29) is 0 Å². The van der Waals surface area contributed by atoms with E-state index in [1.165, 1.54) is 0 Å². The van der Waals surface area contributed by atoms with Gasteiger partial charge in [0.15, 0.2) is 2.14 Å². The van der Waals surface area contributed by atoms with Gasteiger partial charge < -0.3 is 4.57 Å². The van der Waals surface area contributed by atoms with Crippen molar-refractivity contribution >= 4 is 82.0 Å². The average Bonchev–Trinajstić information content (AvgIpc) is 2.56. The molecule has 0 bridgehead atoms. The van der Waals surface area contributed by atoms with Gasteiger partial charge >= 0.3 is 0 Å². The van der Waals surface area contributed by atoms with Crippen molar-refractivity contribution < 1.29 is 0 Å². The molecule has 92 valence electrons. The number of aryl methyl sites for hydroxylation is 1. The van der Waals surface area contributed by atoms with Crippen LogP contribution in [0.5, 0.6) is 0 Å². The SMILES string of the molecule is CCn1c(C(Br)(Br)Br)nc2cc(Cl)c(Cl)cc21. The molecular formula is C10H7Br3Cl2N2. The Bertz CT molecular complexity index is 575. The second-order valence-corrected chi connectivity index (χ2v) is 11.0. The zero-order chi connectivity index (χ0) is 12.8. The highest BCUT2D eigenvalue weighted by molar-refractivity contribution is 9.38. The van der Waals surface area contributed by atoms with Gasteiger partial charge in [0, 0.05) is 6.54 Å². The lowest BCUT2D eigenvalue weighted by atomic mass is 10.3. The minimum Gasteiger partial charge on any atom is -0.326 e. The highest BCUT2D eigenvalue weighted by atomic mass is 80.0. The fourth-order valence-electron chi connectivity index (χ4n) is 1.66. The van der Waals surface area contributed by atoms with Gasteiger partial charge in [-0.25, -0.2) is 4.98 Å². The number of halogens is 5. The van der Waals surface area contributed by atoms with E-state index in [0.717, 1.165) is 23.4 Å². The fraction of sp³-hybridized carbons (Fsp3) is 0.300. The second-order valence-electron chi connectivity index (χ2n) is 3.43. The normalized spacial score (nSPS) is 12.4. The third-order valence-corrected chi connectivity index (χ3v) is 4.15. The predicted molar refractivity (Wildman–Crippen MR) is 83.9 cm³/mol. The van der Waals surface area contributed by atoms with Crippen LogP contribution >= 0.6 is 71.0 Å². The van der Waals surface area contributed by atoms with Crippen molar-refractivity contribution in [1.29, 1.82) is 0 Å². The maximum Gasteiger partial charge on any atom is 0.192 e. The number of nitrogens with zero attached hydrogens (tertiary/aromatic N) is 2. The first-order valence-electron chi connectivity index (χ1n) is 4.77. The van der Waals surface area contributed by atoms with Gasteiger partial charge in [0.1, 0.15) is 5.82 Å². The summed E-state index contributed by atoms with van der Waals surface area (Å²) in [6.07, 6.45) is 0. The Morgan fingerprint density at radius 2 is 1.82 bits per heavy atom. The lowest BCUT2D eigenvalue weighted by Crippen LogP contribution is -2.09. The Labute approximate surface area is 134 Å². The molecule has 0 aliphatic rings. The monoisotopic (exact) mass is 462 g/mol. The van der Waals surface area contributed by atoms with Crippen LogP contribution in [0.2, 0.25) is 10.0 Å². The Hall–Kier alpha value is 0.710. The predicted octanol–water partition coefficient (Wildman–Crippen LogP) is 5.66. The zero-order valence-electron chi connectivity index (χ0n) is 8.65. The minimum atomic E-state index is -0.555. The summed E-state index contributed by atoms with van der Waals surface area (Å²) in [6, 6.07) is 3.60. The summed E-state index contributed by atoms with van der Waals surface area (Å²) >= 11 is 22.5. The maximum atomic E-state index is 6.03. The first kappa shape index (κ1) is 14.1. The van der Waals surface area contributed by atoms with Crippen LogP contribution < -0.4 is 0 Å². The van der Waals surface area contributed by atoms with Crippen LogP contribution in [0.15, 0.2) is 12.1 Å². The fourth-order valence-corrected chi connectivity index (χ4v) is 2.88.